The molecule has 1 aromatic carbocycles. The Bertz CT molecular complexity index is 1070. The van der Waals surface area contributed by atoms with Crippen LogP contribution < -0.4 is 20.3 Å². The van der Waals surface area contributed by atoms with Gasteiger partial charge in [-0.3, -0.25) is 9.78 Å². The minimum atomic E-state index is -0.289. The number of aromatic amines is 1. The molecule has 1 aliphatic heterocycles. The van der Waals surface area contributed by atoms with Crippen molar-refractivity contribution in [1.29, 1.82) is 0 Å². The summed E-state index contributed by atoms with van der Waals surface area (Å²) in [5.74, 6) is 1.55. The first-order valence-corrected chi connectivity index (χ1v) is 9.01. The lowest BCUT2D eigenvalue weighted by Gasteiger charge is -2.20. The zero-order chi connectivity index (χ0) is 19.2. The van der Waals surface area contributed by atoms with Crippen molar-refractivity contribution in [2.45, 2.75) is 32.9 Å². The Morgan fingerprint density at radius 3 is 2.85 bits per heavy atom. The van der Waals surface area contributed by atoms with Crippen LogP contribution in [0.15, 0.2) is 23.1 Å². The van der Waals surface area contributed by atoms with Crippen LogP contribution in [0.1, 0.15) is 26.3 Å². The van der Waals surface area contributed by atoms with Crippen LogP contribution in [-0.2, 0) is 12.1 Å². The summed E-state index contributed by atoms with van der Waals surface area (Å²) in [6.45, 7) is 7.40. The SMILES string of the molecule is CC(C)(C)n1ncc2c(=O)[nH]c(NCc3cc(Cl)c4c(c3)OCCO4)nc21. The number of hydrogen-bond donors (Lipinski definition) is 2. The highest BCUT2D eigenvalue weighted by Crippen LogP contribution is 2.38. The van der Waals surface area contributed by atoms with E-state index < -0.39 is 0 Å². The van der Waals surface area contributed by atoms with Gasteiger partial charge in [-0.15, -0.1) is 0 Å². The van der Waals surface area contributed by atoms with E-state index in [9.17, 15) is 4.79 Å². The van der Waals surface area contributed by atoms with Gasteiger partial charge in [0.05, 0.1) is 16.8 Å². The molecule has 8 nitrogen and oxygen atoms in total. The highest BCUT2D eigenvalue weighted by atomic mass is 35.5. The van der Waals surface area contributed by atoms with Gasteiger partial charge in [0.1, 0.15) is 18.6 Å². The molecule has 0 radical (unpaired) electrons. The van der Waals surface area contributed by atoms with Crippen molar-refractivity contribution < 1.29 is 9.47 Å². The molecule has 4 rings (SSSR count). The van der Waals surface area contributed by atoms with Crippen LogP contribution in [0.3, 0.4) is 0 Å². The average Bonchev–Trinajstić information content (AvgIpc) is 3.05. The maximum Gasteiger partial charge on any atom is 0.263 e. The minimum Gasteiger partial charge on any atom is -0.486 e. The van der Waals surface area contributed by atoms with Gasteiger partial charge in [0.2, 0.25) is 5.95 Å². The molecule has 0 saturated heterocycles. The monoisotopic (exact) mass is 389 g/mol. The molecule has 0 fully saturated rings. The molecule has 0 unspecified atom stereocenters. The van der Waals surface area contributed by atoms with Gasteiger partial charge >= 0.3 is 0 Å². The van der Waals surface area contributed by atoms with Gasteiger partial charge in [0, 0.05) is 6.54 Å². The largest absolute Gasteiger partial charge is 0.486 e. The third-order valence-corrected chi connectivity index (χ3v) is 4.47. The lowest BCUT2D eigenvalue weighted by Crippen LogP contribution is -2.24. The molecule has 0 spiro atoms. The minimum absolute atomic E-state index is 0.238. The topological polar surface area (TPSA) is 94.1 Å². The molecule has 142 valence electrons. The van der Waals surface area contributed by atoms with E-state index in [1.807, 2.05) is 26.8 Å². The van der Waals surface area contributed by atoms with E-state index in [2.05, 4.69) is 20.4 Å². The Balaban J connectivity index is 1.63. The number of rotatable bonds is 3. The normalized spacial score (nSPS) is 13.8. The zero-order valence-electron chi connectivity index (χ0n) is 15.3. The van der Waals surface area contributed by atoms with Gasteiger partial charge in [-0.1, -0.05) is 11.6 Å². The molecule has 3 aromatic rings. The maximum absolute atomic E-state index is 12.4. The smallest absolute Gasteiger partial charge is 0.263 e. The molecular weight excluding hydrogens is 370 g/mol. The molecule has 0 atom stereocenters. The highest BCUT2D eigenvalue weighted by molar-refractivity contribution is 6.32. The number of H-pyrrole nitrogens is 1. The first-order chi connectivity index (χ1) is 12.8. The number of anilines is 1. The third-order valence-electron chi connectivity index (χ3n) is 4.19. The van der Waals surface area contributed by atoms with Crippen LogP contribution in [0.4, 0.5) is 5.95 Å². The van der Waals surface area contributed by atoms with Crippen LogP contribution in [-0.4, -0.2) is 33.0 Å². The standard InChI is InChI=1S/C18H20ClN5O3/c1-18(2,3)24-15-11(9-21-24)16(25)23-17(22-15)20-8-10-6-12(19)14-13(7-10)26-4-5-27-14/h6-7,9H,4-5,8H2,1-3H3,(H2,20,22,23,25). The van der Waals surface area contributed by atoms with Crippen LogP contribution in [0.5, 0.6) is 11.5 Å². The van der Waals surface area contributed by atoms with Crippen molar-refractivity contribution in [1.82, 2.24) is 19.7 Å². The average molecular weight is 390 g/mol. The summed E-state index contributed by atoms with van der Waals surface area (Å²) < 4.78 is 12.9. The molecule has 0 saturated carbocycles. The van der Waals surface area contributed by atoms with Crippen molar-refractivity contribution in [2.75, 3.05) is 18.5 Å². The second-order valence-corrected chi connectivity index (χ2v) is 7.74. The lowest BCUT2D eigenvalue weighted by molar-refractivity contribution is 0.171. The van der Waals surface area contributed by atoms with E-state index in [4.69, 9.17) is 21.1 Å². The van der Waals surface area contributed by atoms with Crippen LogP contribution in [0.25, 0.3) is 11.0 Å². The van der Waals surface area contributed by atoms with Gasteiger partial charge in [-0.05, 0) is 38.5 Å². The molecule has 1 aliphatic rings. The van der Waals surface area contributed by atoms with Crippen LogP contribution >= 0.6 is 11.6 Å². The zero-order valence-corrected chi connectivity index (χ0v) is 16.1. The van der Waals surface area contributed by atoms with Gasteiger partial charge in [0.15, 0.2) is 17.1 Å². The number of hydrogen-bond acceptors (Lipinski definition) is 6. The first-order valence-electron chi connectivity index (χ1n) is 8.63. The number of nitrogens with one attached hydrogen (secondary N) is 2. The van der Waals surface area contributed by atoms with Crippen molar-refractivity contribution in [3.63, 3.8) is 0 Å². The van der Waals surface area contributed by atoms with E-state index in [1.54, 1.807) is 10.7 Å². The molecule has 3 heterocycles. The molecule has 9 heteroatoms. The van der Waals surface area contributed by atoms with Crippen molar-refractivity contribution in [3.8, 4) is 11.5 Å². The number of aromatic nitrogens is 4. The number of nitrogens with zero attached hydrogens (tertiary/aromatic N) is 3. The quantitative estimate of drug-likeness (QED) is 0.715. The van der Waals surface area contributed by atoms with Crippen molar-refractivity contribution >= 4 is 28.6 Å². The lowest BCUT2D eigenvalue weighted by atomic mass is 10.1. The Labute approximate surface area is 160 Å². The Hall–Kier alpha value is -2.74. The molecule has 2 N–H and O–H groups in total. The molecule has 27 heavy (non-hydrogen) atoms. The van der Waals surface area contributed by atoms with Gasteiger partial charge in [0.25, 0.3) is 5.56 Å². The third kappa shape index (κ3) is 3.32. The number of halogens is 1. The molecule has 2 aromatic heterocycles. The molecule has 0 aliphatic carbocycles. The molecule has 0 amide bonds. The highest BCUT2D eigenvalue weighted by Gasteiger charge is 2.20. The summed E-state index contributed by atoms with van der Waals surface area (Å²) in [4.78, 5) is 19.6. The summed E-state index contributed by atoms with van der Waals surface area (Å²) >= 11 is 6.27. The summed E-state index contributed by atoms with van der Waals surface area (Å²) in [5.41, 5.74) is 0.895. The fraction of sp³-hybridized carbons (Fsp3) is 0.389. The summed E-state index contributed by atoms with van der Waals surface area (Å²) in [6.07, 6.45) is 1.54. The van der Waals surface area contributed by atoms with E-state index in [0.29, 0.717) is 53.3 Å². The van der Waals surface area contributed by atoms with Gasteiger partial charge in [-0.25, -0.2) is 4.68 Å². The fourth-order valence-corrected chi connectivity index (χ4v) is 3.23. The second-order valence-electron chi connectivity index (χ2n) is 7.33. The van der Waals surface area contributed by atoms with Gasteiger partial charge < -0.3 is 14.8 Å². The predicted molar refractivity (Wildman–Crippen MR) is 103 cm³/mol. The van der Waals surface area contributed by atoms with Crippen molar-refractivity contribution in [3.05, 3.63) is 39.3 Å². The van der Waals surface area contributed by atoms with E-state index in [1.165, 1.54) is 6.20 Å². The number of fused-ring (bicyclic) bond motifs is 2. The summed E-state index contributed by atoms with van der Waals surface area (Å²) in [6, 6.07) is 3.67. The van der Waals surface area contributed by atoms with Gasteiger partial charge in [-0.2, -0.15) is 10.1 Å². The Kier molecular flexibility index (Phi) is 4.22. The second kappa shape index (κ2) is 6.45. The number of benzene rings is 1. The Morgan fingerprint density at radius 2 is 2.07 bits per heavy atom. The van der Waals surface area contributed by atoms with E-state index >= 15 is 0 Å². The maximum atomic E-state index is 12.4. The number of ether oxygens (including phenoxy) is 2. The first kappa shape index (κ1) is 17.7. The summed E-state index contributed by atoms with van der Waals surface area (Å²) in [7, 11) is 0. The predicted octanol–water partition coefficient (Wildman–Crippen LogP) is 2.91. The van der Waals surface area contributed by atoms with Crippen LogP contribution in [0.2, 0.25) is 5.02 Å². The molecule has 0 bridgehead atoms. The van der Waals surface area contributed by atoms with E-state index in [0.717, 1.165) is 5.56 Å². The van der Waals surface area contributed by atoms with Crippen molar-refractivity contribution in [2.24, 2.45) is 0 Å². The fourth-order valence-electron chi connectivity index (χ4n) is 2.95. The Morgan fingerprint density at radius 1 is 1.30 bits per heavy atom. The molecular formula is C18H20ClN5O3. The van der Waals surface area contributed by atoms with Crippen LogP contribution in [0, 0.1) is 0 Å². The van der Waals surface area contributed by atoms with E-state index in [-0.39, 0.29) is 11.1 Å². The summed E-state index contributed by atoms with van der Waals surface area (Å²) in [5, 5.41) is 8.39.